The lowest BCUT2D eigenvalue weighted by Gasteiger charge is -2.60. The normalized spacial score (nSPS) is 43.9. The van der Waals surface area contributed by atoms with Gasteiger partial charge in [0.1, 0.15) is 6.10 Å². The molecule has 0 radical (unpaired) electrons. The smallest absolute Gasteiger partial charge is 0.302 e. The van der Waals surface area contributed by atoms with Crippen molar-refractivity contribution >= 4 is 11.8 Å². The number of rotatable bonds is 6. The maximum Gasteiger partial charge on any atom is 0.302 e. The Labute approximate surface area is 207 Å². The minimum Gasteiger partial charge on any atom is -0.515 e. The lowest BCUT2D eigenvalue weighted by Crippen LogP contribution is -2.58. The average molecular weight is 473 g/mol. The molecule has 0 aromatic heterocycles. The molecule has 0 aromatic rings. The van der Waals surface area contributed by atoms with Gasteiger partial charge < -0.3 is 9.84 Å². The van der Waals surface area contributed by atoms with Crippen molar-refractivity contribution in [3.05, 3.63) is 11.8 Å². The predicted molar refractivity (Wildman–Crippen MR) is 135 cm³/mol. The van der Waals surface area contributed by atoms with Crippen LogP contribution < -0.4 is 0 Å². The summed E-state index contributed by atoms with van der Waals surface area (Å²) in [6.07, 6.45) is 12.1. The second-order valence-corrected chi connectivity index (χ2v) is 13.3. The van der Waals surface area contributed by atoms with Gasteiger partial charge in [-0.3, -0.25) is 9.59 Å². The summed E-state index contributed by atoms with van der Waals surface area (Å²) >= 11 is 0. The minimum atomic E-state index is -0.254. The summed E-state index contributed by atoms with van der Waals surface area (Å²) in [7, 11) is 0. The van der Waals surface area contributed by atoms with Crippen LogP contribution in [0, 0.1) is 52.3 Å². The van der Waals surface area contributed by atoms with Crippen molar-refractivity contribution in [1.82, 2.24) is 0 Å². The van der Waals surface area contributed by atoms with E-state index >= 15 is 0 Å². The van der Waals surface area contributed by atoms with E-state index in [2.05, 4.69) is 34.6 Å². The second kappa shape index (κ2) is 9.62. The SMILES string of the molecule is CC(=O)O[C@H]1CC[C@@]2(C)[C@H](C1)/C(=C/O)C(=O)[C@@H]1[C@@H]2CC[C@]2(C)[C@@H]([C@H](C)CCCC(C)C)CC[C@@H]12. The van der Waals surface area contributed by atoms with Crippen molar-refractivity contribution in [2.75, 3.05) is 0 Å². The van der Waals surface area contributed by atoms with Crippen LogP contribution in [0.25, 0.3) is 0 Å². The van der Waals surface area contributed by atoms with E-state index < -0.39 is 0 Å². The van der Waals surface area contributed by atoms with Gasteiger partial charge >= 0.3 is 5.97 Å². The number of Topliss-reactive ketones (excluding diaryl/α,β-unsaturated/α-hetero) is 1. The molecule has 4 rings (SSSR count). The quantitative estimate of drug-likeness (QED) is 0.251. The van der Waals surface area contributed by atoms with Crippen LogP contribution in [-0.4, -0.2) is 23.0 Å². The van der Waals surface area contributed by atoms with Gasteiger partial charge in [0.15, 0.2) is 5.78 Å². The molecule has 4 fully saturated rings. The molecule has 0 bridgehead atoms. The third-order valence-corrected chi connectivity index (χ3v) is 11.1. The van der Waals surface area contributed by atoms with Crippen LogP contribution in [0.4, 0.5) is 0 Å². The number of aliphatic hydroxyl groups excluding tert-OH is 1. The number of aliphatic hydroxyl groups is 1. The Hall–Kier alpha value is -1.32. The highest BCUT2D eigenvalue weighted by molar-refractivity contribution is 5.99. The largest absolute Gasteiger partial charge is 0.515 e. The van der Waals surface area contributed by atoms with Crippen molar-refractivity contribution in [3.63, 3.8) is 0 Å². The third-order valence-electron chi connectivity index (χ3n) is 11.1. The van der Waals surface area contributed by atoms with Crippen LogP contribution in [0.5, 0.6) is 0 Å². The minimum absolute atomic E-state index is 0.00785. The Balaban J connectivity index is 1.57. The van der Waals surface area contributed by atoms with Gasteiger partial charge in [-0.2, -0.15) is 0 Å². The van der Waals surface area contributed by atoms with E-state index in [1.807, 2.05) is 0 Å². The zero-order chi connectivity index (χ0) is 24.8. The number of esters is 1. The summed E-state index contributed by atoms with van der Waals surface area (Å²) in [6, 6.07) is 0. The number of carbonyl (C=O) groups is 2. The lowest BCUT2D eigenvalue weighted by molar-refractivity contribution is -0.160. The Kier molecular flexibility index (Phi) is 7.29. The van der Waals surface area contributed by atoms with E-state index in [0.29, 0.717) is 35.7 Å². The molecule has 0 unspecified atom stereocenters. The molecule has 9 atom stereocenters. The first-order chi connectivity index (χ1) is 16.0. The molecule has 192 valence electrons. The van der Waals surface area contributed by atoms with Gasteiger partial charge in [0.25, 0.3) is 0 Å². The lowest BCUT2D eigenvalue weighted by atomic mass is 9.43. The Morgan fingerprint density at radius 3 is 2.38 bits per heavy atom. The molecule has 1 N–H and O–H groups in total. The molecule has 4 aliphatic rings. The molecule has 0 amide bonds. The number of ketones is 1. The van der Waals surface area contributed by atoms with Crippen LogP contribution in [0.1, 0.15) is 106 Å². The number of allylic oxidation sites excluding steroid dienone is 1. The topological polar surface area (TPSA) is 63.6 Å². The molecule has 0 saturated heterocycles. The summed E-state index contributed by atoms with van der Waals surface area (Å²) in [5, 5.41) is 10.3. The molecule has 4 saturated carbocycles. The highest BCUT2D eigenvalue weighted by Gasteiger charge is 2.64. The first kappa shape index (κ1) is 25.8. The fourth-order valence-corrected chi connectivity index (χ4v) is 9.35. The zero-order valence-corrected chi connectivity index (χ0v) is 22.4. The number of hydrogen-bond donors (Lipinski definition) is 1. The average Bonchev–Trinajstić information content (AvgIpc) is 3.11. The van der Waals surface area contributed by atoms with E-state index in [0.717, 1.165) is 37.9 Å². The van der Waals surface area contributed by atoms with Gasteiger partial charge in [0.2, 0.25) is 0 Å². The van der Waals surface area contributed by atoms with Crippen LogP contribution >= 0.6 is 0 Å². The highest BCUT2D eigenvalue weighted by Crippen LogP contribution is 2.68. The van der Waals surface area contributed by atoms with Gasteiger partial charge in [-0.05, 0) is 91.3 Å². The second-order valence-electron chi connectivity index (χ2n) is 13.3. The molecule has 34 heavy (non-hydrogen) atoms. The molecule has 4 aliphatic carbocycles. The summed E-state index contributed by atoms with van der Waals surface area (Å²) < 4.78 is 5.56. The first-order valence-electron chi connectivity index (χ1n) is 14.1. The van der Waals surface area contributed by atoms with Crippen molar-refractivity contribution in [1.29, 1.82) is 0 Å². The number of hydrogen-bond acceptors (Lipinski definition) is 4. The Bertz CT molecular complexity index is 815. The molecule has 0 aliphatic heterocycles. The van der Waals surface area contributed by atoms with E-state index in [4.69, 9.17) is 4.74 Å². The molecular formula is C30H48O4. The molecular weight excluding hydrogens is 424 g/mol. The summed E-state index contributed by atoms with van der Waals surface area (Å²) in [6.45, 7) is 13.4. The van der Waals surface area contributed by atoms with E-state index in [-0.39, 0.29) is 40.5 Å². The zero-order valence-electron chi connectivity index (χ0n) is 22.4. The number of ether oxygens (including phenoxy) is 1. The van der Waals surface area contributed by atoms with Gasteiger partial charge in [-0.15, -0.1) is 0 Å². The standard InChI is InChI=1S/C30H48O4/c1-18(2)8-7-9-19(3)23-10-11-24-27-25(13-15-29(23,24)5)30(6)14-12-21(34-20(4)32)16-26(30)22(17-31)28(27)33/h17-19,21,23-27,31H,7-16H2,1-6H3/b22-17-/t19-,21+,23-,24+,25+,26-,27+,29-,30-/m1/s1. The van der Waals surface area contributed by atoms with Gasteiger partial charge in [-0.1, -0.05) is 53.9 Å². The first-order valence-corrected chi connectivity index (χ1v) is 14.1. The maximum absolute atomic E-state index is 14.0. The van der Waals surface area contributed by atoms with Crippen LogP contribution in [0.15, 0.2) is 11.8 Å². The molecule has 0 aromatic carbocycles. The fraction of sp³-hybridized carbons (Fsp3) is 0.867. The Morgan fingerprint density at radius 1 is 1.06 bits per heavy atom. The number of carbonyl (C=O) groups excluding carboxylic acids is 2. The molecule has 0 heterocycles. The van der Waals surface area contributed by atoms with Gasteiger partial charge in [0, 0.05) is 18.4 Å². The van der Waals surface area contributed by atoms with Crippen LogP contribution in [0.3, 0.4) is 0 Å². The van der Waals surface area contributed by atoms with Crippen molar-refractivity contribution < 1.29 is 19.4 Å². The third kappa shape index (κ3) is 4.26. The monoisotopic (exact) mass is 472 g/mol. The van der Waals surface area contributed by atoms with Crippen molar-refractivity contribution in [3.8, 4) is 0 Å². The van der Waals surface area contributed by atoms with Crippen molar-refractivity contribution in [2.24, 2.45) is 52.3 Å². The van der Waals surface area contributed by atoms with E-state index in [9.17, 15) is 14.7 Å². The van der Waals surface area contributed by atoms with Gasteiger partial charge in [0.05, 0.1) is 6.26 Å². The number of fused-ring (bicyclic) bond motifs is 5. The molecule has 4 nitrogen and oxygen atoms in total. The Morgan fingerprint density at radius 2 is 1.74 bits per heavy atom. The highest BCUT2D eigenvalue weighted by atomic mass is 16.5. The summed E-state index contributed by atoms with van der Waals surface area (Å²) in [4.78, 5) is 25.6. The van der Waals surface area contributed by atoms with Crippen LogP contribution in [0.2, 0.25) is 0 Å². The molecule has 0 spiro atoms. The summed E-state index contributed by atoms with van der Waals surface area (Å²) in [5.74, 6) is 2.94. The van der Waals surface area contributed by atoms with Crippen LogP contribution in [-0.2, 0) is 14.3 Å². The fourth-order valence-electron chi connectivity index (χ4n) is 9.35. The van der Waals surface area contributed by atoms with Gasteiger partial charge in [-0.25, -0.2) is 0 Å². The predicted octanol–water partition coefficient (Wildman–Crippen LogP) is 7.27. The van der Waals surface area contributed by atoms with E-state index in [1.165, 1.54) is 39.0 Å². The summed E-state index contributed by atoms with van der Waals surface area (Å²) in [5.41, 5.74) is 0.831. The molecule has 4 heteroatoms. The van der Waals surface area contributed by atoms with Crippen molar-refractivity contribution in [2.45, 2.75) is 112 Å². The van der Waals surface area contributed by atoms with E-state index in [1.54, 1.807) is 0 Å². The maximum atomic E-state index is 14.0.